The minimum atomic E-state index is -2.00. The first-order valence-electron chi connectivity index (χ1n) is 44.7. The van der Waals surface area contributed by atoms with Crippen LogP contribution in [-0.4, -0.2) is 284 Å². The highest BCUT2D eigenvalue weighted by atomic mass is 33.1. The van der Waals surface area contributed by atoms with Gasteiger partial charge >= 0.3 is 41.9 Å². The van der Waals surface area contributed by atoms with Crippen molar-refractivity contribution in [2.75, 3.05) is 125 Å². The molecule has 5 aliphatic heterocycles. The van der Waals surface area contributed by atoms with Crippen molar-refractivity contribution in [2.45, 2.75) is 157 Å². The number of methoxy groups -OCH3 is 2. The standard InChI is InChI=1S/C93H114N14O25S4/c1-7-28-107(50-52-16-21-64-60(38-52)83(122)101-88(94)100-64)57-19-17-54(18-20-57)81(120)95-27-11-15-76(118)131-32-36-135-134-35-24-72(111)97-65(43-74(114)115)68(108)39-55(41-73(112)113)82(121)99-66(44-75(116)117)69(109)40-56(85(124)125)48-96-71(110)23-34-133-136-37-33-132-89(127)103-102-84(123)77-79-92(26-31-106-29-12-25-90(3,80(77)119)86(92)106)61-42-62(70(129-5)45-67(61)104(79)4)93(87(126)130-6)47-53-46-91(128,8-2)51-105(49-53)30-22-59-58-13-9-10-14-63(58)98-78(59)93/h1,9-10,12-14,16-21,25,38,42,45,53,55-56,65-66,77,79-80,86,98,119,128H,8,11,15,22-24,26-37,39-41,43-44,46-51H2,2-6H3,(H,95,120)(H,96,110)(H,97,111)(H,99,121)(H,102,123)(H,103,127)(H,112,113)(H,114,115)(H,116,117)(H,124,125)(H3,94,100,101,122)/t53-,55+,56+,65+,66+,77-,79?,80+,86+,90+,91?,92+,93+/m1/s1. The molecule has 1 saturated carbocycles. The van der Waals surface area contributed by atoms with Gasteiger partial charge < -0.3 is 91.4 Å². The van der Waals surface area contributed by atoms with Gasteiger partial charge in [-0.3, -0.25) is 87.3 Å². The van der Waals surface area contributed by atoms with Crippen molar-refractivity contribution in [3.05, 3.63) is 135 Å². The summed E-state index contributed by atoms with van der Waals surface area (Å²) in [6, 6.07) is 19.0. The number of anilines is 3. The molecule has 2 bridgehead atoms. The van der Waals surface area contributed by atoms with Crippen LogP contribution in [0.2, 0.25) is 0 Å². The van der Waals surface area contributed by atoms with Crippen molar-refractivity contribution >= 4 is 165 Å². The topological polar surface area (TPSA) is 570 Å². The van der Waals surface area contributed by atoms with E-state index in [-0.39, 0.29) is 111 Å². The van der Waals surface area contributed by atoms with E-state index in [0.29, 0.717) is 98.4 Å². The van der Waals surface area contributed by atoms with Crippen LogP contribution in [0.4, 0.5) is 22.1 Å². The molecule has 12 rings (SSSR count). The fourth-order valence-electron chi connectivity index (χ4n) is 20.3. The summed E-state index contributed by atoms with van der Waals surface area (Å²) in [6.07, 6.45) is 4.25. The predicted molar refractivity (Wildman–Crippen MR) is 508 cm³/mol. The number of rotatable bonds is 46. The summed E-state index contributed by atoms with van der Waals surface area (Å²) in [5.41, 5.74) is 12.8. The molecule has 0 radical (unpaired) electrons. The number of H-pyrrole nitrogens is 2. The molecule has 2 aromatic heterocycles. The second-order valence-corrected chi connectivity index (χ2v) is 40.6. The summed E-state index contributed by atoms with van der Waals surface area (Å²) in [7, 11) is 9.63. The molecule has 6 aromatic rings. The van der Waals surface area contributed by atoms with Crippen LogP contribution in [-0.2, 0) is 95.5 Å². The van der Waals surface area contributed by atoms with Crippen molar-refractivity contribution in [3.63, 3.8) is 0 Å². The van der Waals surface area contributed by atoms with Crippen LogP contribution in [0.1, 0.15) is 136 Å². The van der Waals surface area contributed by atoms with Crippen LogP contribution < -0.4 is 57.9 Å². The number of likely N-dealkylation sites (N-methyl/N-ethyl adjacent to an activating group) is 1. The van der Waals surface area contributed by atoms with Crippen molar-refractivity contribution in [2.24, 2.45) is 29.1 Å². The van der Waals surface area contributed by atoms with E-state index < -0.39 is 180 Å². The Kier molecular flexibility index (Phi) is 34.7. The van der Waals surface area contributed by atoms with Gasteiger partial charge in [-0.15, -0.1) is 6.42 Å². The van der Waals surface area contributed by atoms with Gasteiger partial charge in [0.2, 0.25) is 29.6 Å². The number of nitrogens with two attached hydrogens (primary N) is 1. The molecule has 7 heterocycles. The Morgan fingerprint density at radius 1 is 0.750 bits per heavy atom. The number of nitrogens with one attached hydrogen (secondary N) is 8. The highest BCUT2D eigenvalue weighted by molar-refractivity contribution is 8.77. The molecule has 3 unspecified atom stereocenters. The SMILES string of the molecule is C#CCN(Cc1ccc2nc(N)[nH]c(=O)c2c1)c1ccc(C(=O)NCCCC(=O)OCCSSCCC(=O)N[C@@H](CC(=O)O)C(=O)C[C@@H](CC(=O)O)C(=O)N[C@@H](CC(=O)O)C(=O)C[C@@H](CNC(=O)CCSSCCOC(=O)NNC(=O)[C@@H]2C3N(C)c4cc(OC)c([C@@]5(C(=O)OC)C[C@@H]6CN(CCc7c5[nH]c5ccccc75)CC(O)(CC)C6)cc4[C@@]34CCN3CC=C[C@@](C)([C@H]2O)[C@H]34)C(=O)O)cc1. The fourth-order valence-corrected chi connectivity index (χ4v) is 23.9. The van der Waals surface area contributed by atoms with Gasteiger partial charge in [0.25, 0.3) is 11.5 Å². The number of ketones is 2. The van der Waals surface area contributed by atoms with E-state index in [1.807, 2.05) is 73.2 Å². The monoisotopic (exact) mass is 1950 g/mol. The van der Waals surface area contributed by atoms with E-state index in [0.717, 1.165) is 39.0 Å². The first-order chi connectivity index (χ1) is 65.0. The largest absolute Gasteiger partial charge is 0.496 e. The second kappa shape index (κ2) is 45.8. The summed E-state index contributed by atoms with van der Waals surface area (Å²) in [6.45, 7) is 6.79. The Morgan fingerprint density at radius 3 is 2.10 bits per heavy atom. The minimum Gasteiger partial charge on any atom is -0.496 e. The Labute approximate surface area is 798 Å². The number of amides is 6. The number of carboxylic acid groups (broad SMARTS) is 4. The number of carboxylic acids is 4. The molecule has 6 aliphatic rings. The maximum Gasteiger partial charge on any atom is 0.426 e. The van der Waals surface area contributed by atoms with Crippen LogP contribution in [0, 0.1) is 41.4 Å². The molecule has 136 heavy (non-hydrogen) atoms. The highest BCUT2D eigenvalue weighted by Gasteiger charge is 2.73. The van der Waals surface area contributed by atoms with Gasteiger partial charge in [-0.1, -0.05) is 99.4 Å². The first-order valence-corrected chi connectivity index (χ1v) is 49.7. The Hall–Kier alpha value is -11.9. The number of aromatic nitrogens is 3. The number of hydrogen-bond acceptors (Lipinski definition) is 31. The number of hydrazine groups is 1. The second-order valence-electron chi connectivity index (χ2n) is 35.2. The van der Waals surface area contributed by atoms with Gasteiger partial charge in [0.05, 0.1) is 98.5 Å². The van der Waals surface area contributed by atoms with Crippen molar-refractivity contribution < 1.29 is 117 Å². The first kappa shape index (κ1) is 103. The number of aliphatic carboxylic acids is 4. The normalized spacial score (nSPS) is 22.6. The van der Waals surface area contributed by atoms with Gasteiger partial charge in [0.1, 0.15) is 24.4 Å². The lowest BCUT2D eigenvalue weighted by Gasteiger charge is -2.59. The molecule has 4 aromatic carbocycles. The summed E-state index contributed by atoms with van der Waals surface area (Å²) < 4.78 is 23.1. The zero-order chi connectivity index (χ0) is 98.1. The van der Waals surface area contributed by atoms with E-state index >= 15 is 9.59 Å². The third kappa shape index (κ3) is 23.8. The molecule has 39 nitrogen and oxygen atoms in total. The van der Waals surface area contributed by atoms with E-state index in [1.165, 1.54) is 50.3 Å². The summed E-state index contributed by atoms with van der Waals surface area (Å²) in [4.78, 5) is 217. The van der Waals surface area contributed by atoms with Crippen LogP contribution in [0.25, 0.3) is 21.8 Å². The molecule has 43 heteroatoms. The Balaban J connectivity index is 0.559. The number of piperidine rings is 1. The number of aromatic amines is 2. The van der Waals surface area contributed by atoms with Gasteiger partial charge in [-0.2, -0.15) is 0 Å². The van der Waals surface area contributed by atoms with Gasteiger partial charge in [-0.05, 0) is 116 Å². The molecule has 6 amide bonds. The molecular formula is C93H114N14O25S4. The summed E-state index contributed by atoms with van der Waals surface area (Å²) >= 11 is 0. The third-order valence-electron chi connectivity index (χ3n) is 26.4. The molecule has 3 fully saturated rings. The lowest BCUT2D eigenvalue weighted by molar-refractivity contribution is -0.148. The van der Waals surface area contributed by atoms with Crippen molar-refractivity contribution in [1.82, 2.24) is 56.9 Å². The number of carbonyl (C=O) groups excluding carboxylic acids is 10. The van der Waals surface area contributed by atoms with Crippen LogP contribution >= 0.6 is 43.2 Å². The zero-order valence-electron chi connectivity index (χ0n) is 75.8. The molecule has 2 saturated heterocycles. The predicted octanol–water partition coefficient (Wildman–Crippen LogP) is 5.00. The Bertz CT molecular complexity index is 5660. The number of para-hydroxylation sites is 1. The number of terminal acetylenes is 1. The van der Waals surface area contributed by atoms with E-state index in [2.05, 4.69) is 74.9 Å². The molecule has 14 atom stereocenters. The number of carbonyl (C=O) groups is 14. The minimum absolute atomic E-state index is 0.00426. The fraction of sp³-hybridized carbons (Fsp3) is 0.505. The van der Waals surface area contributed by atoms with Gasteiger partial charge in [0, 0.05) is 170 Å². The Morgan fingerprint density at radius 2 is 1.43 bits per heavy atom. The number of hydrogen-bond donors (Lipinski definition) is 15. The average molecular weight is 1960 g/mol. The van der Waals surface area contributed by atoms with E-state index in [1.54, 1.807) is 43.5 Å². The molecule has 16 N–H and O–H groups in total. The van der Waals surface area contributed by atoms with Crippen LogP contribution in [0.15, 0.2) is 95.8 Å². The maximum atomic E-state index is 15.6. The quantitative estimate of drug-likeness (QED) is 0.00455. The number of nitrogens with zero attached hydrogens (tertiary/aromatic N) is 5. The third-order valence-corrected chi connectivity index (χ3v) is 31.1. The van der Waals surface area contributed by atoms with E-state index in [4.69, 9.17) is 31.1 Å². The number of fused-ring (bicyclic) bond motifs is 7. The van der Waals surface area contributed by atoms with Crippen LogP contribution in [0.3, 0.4) is 0 Å². The smallest absolute Gasteiger partial charge is 0.426 e. The number of aliphatic hydroxyl groups is 2. The molecule has 1 aliphatic carbocycles. The number of nitrogen functional groups attached to an aromatic ring is 1. The average Bonchev–Trinajstić information content (AvgIpc) is 1.49. The summed E-state index contributed by atoms with van der Waals surface area (Å²) in [5, 5.41) is 75.2. The lowest BCUT2D eigenvalue weighted by atomic mass is 9.50. The maximum absolute atomic E-state index is 15.6. The number of Topliss-reactive ketones (excluding diaryl/α,β-unsaturated/α-hetero) is 2. The van der Waals surface area contributed by atoms with Crippen molar-refractivity contribution in [3.8, 4) is 18.1 Å². The van der Waals surface area contributed by atoms with Gasteiger partial charge in [-0.25, -0.2) is 15.2 Å². The van der Waals surface area contributed by atoms with E-state index in [9.17, 15) is 93.0 Å². The van der Waals surface area contributed by atoms with Crippen LogP contribution in [0.5, 0.6) is 5.75 Å². The summed E-state index contributed by atoms with van der Waals surface area (Å²) in [5.74, 6) is -14.8. The highest BCUT2D eigenvalue weighted by Crippen LogP contribution is 2.66. The number of aliphatic hydroxyl groups excluding tert-OH is 1. The van der Waals surface area contributed by atoms with Gasteiger partial charge in [0.15, 0.2) is 11.6 Å². The molecule has 1 spiro atoms. The molecule has 730 valence electrons. The lowest BCUT2D eigenvalue weighted by Crippen LogP contribution is -2.73. The number of ether oxygens (including phenoxy) is 4. The van der Waals surface area contributed by atoms with Crippen molar-refractivity contribution in [1.29, 1.82) is 0 Å². The zero-order valence-corrected chi connectivity index (χ0v) is 79.1. The molecular weight excluding hydrogens is 1840 g/mol. The number of benzene rings is 4. The number of esters is 2.